The Morgan fingerprint density at radius 1 is 0.840 bits per heavy atom. The Kier molecular flexibility index (Phi) is 12.5. The second-order valence-electron chi connectivity index (χ2n) is 6.70. The minimum atomic E-state index is 0.398. The summed E-state index contributed by atoms with van der Waals surface area (Å²) in [5, 5.41) is 8.76. The molecule has 3 heteroatoms. The zero-order chi connectivity index (χ0) is 18.2. The molecule has 140 valence electrons. The molecule has 0 spiro atoms. The molecular formula is C22H35NO2. The third-order valence-corrected chi connectivity index (χ3v) is 4.52. The highest BCUT2D eigenvalue weighted by Crippen LogP contribution is 2.28. The molecular weight excluding hydrogens is 310 g/mol. The first-order valence-corrected chi connectivity index (χ1v) is 9.98. The zero-order valence-electron chi connectivity index (χ0n) is 16.2. The van der Waals surface area contributed by atoms with Crippen molar-refractivity contribution in [3.05, 3.63) is 23.8 Å². The Morgan fingerprint density at radius 3 is 2.00 bits per heavy atom. The van der Waals surface area contributed by atoms with Gasteiger partial charge >= 0.3 is 0 Å². The van der Waals surface area contributed by atoms with Crippen LogP contribution in [0.1, 0.15) is 83.1 Å². The summed E-state index contributed by atoms with van der Waals surface area (Å²) in [6.45, 7) is 2.99. The maximum atomic E-state index is 8.76. The summed E-state index contributed by atoms with van der Waals surface area (Å²) in [6.07, 6.45) is 15.1. The van der Waals surface area contributed by atoms with Gasteiger partial charge in [-0.15, -0.1) is 0 Å². The molecule has 1 aromatic rings. The fraction of sp³-hybridized carbons (Fsp3) is 0.682. The summed E-state index contributed by atoms with van der Waals surface area (Å²) >= 11 is 0. The molecule has 25 heavy (non-hydrogen) atoms. The standard InChI is InChI=1S/C22H35NO2/c1-3-4-5-6-7-8-9-10-11-12-13-18-25-21-15-14-20(16-17-23)19-22(21)24-2/h14-15,19H,3-13,16,18H2,1-2H3. The summed E-state index contributed by atoms with van der Waals surface area (Å²) in [6, 6.07) is 7.88. The van der Waals surface area contributed by atoms with Gasteiger partial charge in [0, 0.05) is 0 Å². The molecule has 0 amide bonds. The van der Waals surface area contributed by atoms with Gasteiger partial charge in [-0.05, 0) is 24.1 Å². The Morgan fingerprint density at radius 2 is 1.44 bits per heavy atom. The Hall–Kier alpha value is -1.69. The van der Waals surface area contributed by atoms with Crippen LogP contribution in [0, 0.1) is 11.3 Å². The van der Waals surface area contributed by atoms with Gasteiger partial charge in [0.2, 0.25) is 0 Å². The lowest BCUT2D eigenvalue weighted by molar-refractivity contribution is 0.284. The van der Waals surface area contributed by atoms with E-state index in [0.717, 1.165) is 30.1 Å². The van der Waals surface area contributed by atoms with Crippen molar-refractivity contribution in [2.24, 2.45) is 0 Å². The first kappa shape index (κ1) is 21.4. The van der Waals surface area contributed by atoms with Gasteiger partial charge in [0.25, 0.3) is 0 Å². The number of benzene rings is 1. The van der Waals surface area contributed by atoms with E-state index in [9.17, 15) is 0 Å². The molecule has 0 aliphatic carbocycles. The highest BCUT2D eigenvalue weighted by atomic mass is 16.5. The van der Waals surface area contributed by atoms with Gasteiger partial charge in [-0.1, -0.05) is 77.2 Å². The number of nitriles is 1. The number of hydrogen-bond acceptors (Lipinski definition) is 3. The van der Waals surface area contributed by atoms with Crippen LogP contribution in [0.2, 0.25) is 0 Å². The first-order chi connectivity index (χ1) is 12.3. The van der Waals surface area contributed by atoms with Crippen molar-refractivity contribution in [2.75, 3.05) is 13.7 Å². The smallest absolute Gasteiger partial charge is 0.161 e. The van der Waals surface area contributed by atoms with Gasteiger partial charge < -0.3 is 9.47 Å². The van der Waals surface area contributed by atoms with Crippen LogP contribution in [0.4, 0.5) is 0 Å². The van der Waals surface area contributed by atoms with Crippen LogP contribution >= 0.6 is 0 Å². The molecule has 0 bridgehead atoms. The molecule has 0 aliphatic heterocycles. The average molecular weight is 346 g/mol. The summed E-state index contributed by atoms with van der Waals surface area (Å²) in [7, 11) is 1.64. The van der Waals surface area contributed by atoms with Gasteiger partial charge in [0.1, 0.15) is 0 Å². The molecule has 0 aromatic heterocycles. The molecule has 1 aromatic carbocycles. The van der Waals surface area contributed by atoms with E-state index in [1.54, 1.807) is 7.11 Å². The molecule has 0 aliphatic rings. The van der Waals surface area contributed by atoms with E-state index in [4.69, 9.17) is 14.7 Å². The lowest BCUT2D eigenvalue weighted by Gasteiger charge is -2.11. The highest BCUT2D eigenvalue weighted by molar-refractivity contribution is 5.43. The zero-order valence-corrected chi connectivity index (χ0v) is 16.2. The minimum absolute atomic E-state index is 0.398. The summed E-state index contributed by atoms with van der Waals surface area (Å²) < 4.78 is 11.2. The molecule has 0 saturated carbocycles. The largest absolute Gasteiger partial charge is 0.493 e. The fourth-order valence-electron chi connectivity index (χ4n) is 2.98. The summed E-state index contributed by atoms with van der Waals surface area (Å²) in [4.78, 5) is 0. The molecule has 0 fully saturated rings. The molecule has 3 nitrogen and oxygen atoms in total. The number of hydrogen-bond donors (Lipinski definition) is 0. The molecule has 1 rings (SSSR count). The Balaban J connectivity index is 2.05. The molecule has 0 saturated heterocycles. The highest BCUT2D eigenvalue weighted by Gasteiger charge is 2.05. The third-order valence-electron chi connectivity index (χ3n) is 4.52. The SMILES string of the molecule is CCCCCCCCCCCCCOc1ccc(CC#N)cc1OC. The van der Waals surface area contributed by atoms with Crippen LogP contribution in [-0.4, -0.2) is 13.7 Å². The maximum absolute atomic E-state index is 8.76. The van der Waals surface area contributed by atoms with Crippen LogP contribution in [0.15, 0.2) is 18.2 Å². The monoisotopic (exact) mass is 345 g/mol. The van der Waals surface area contributed by atoms with Crippen molar-refractivity contribution < 1.29 is 9.47 Å². The lowest BCUT2D eigenvalue weighted by atomic mass is 10.1. The molecule has 0 atom stereocenters. The van der Waals surface area contributed by atoms with E-state index < -0.39 is 0 Å². The number of nitrogens with zero attached hydrogens (tertiary/aromatic N) is 1. The van der Waals surface area contributed by atoms with Crippen molar-refractivity contribution >= 4 is 0 Å². The van der Waals surface area contributed by atoms with Crippen molar-refractivity contribution in [1.82, 2.24) is 0 Å². The number of rotatable bonds is 15. The van der Waals surface area contributed by atoms with Crippen molar-refractivity contribution in [3.8, 4) is 17.6 Å². The van der Waals surface area contributed by atoms with Crippen LogP contribution in [-0.2, 0) is 6.42 Å². The molecule has 0 N–H and O–H groups in total. The van der Waals surface area contributed by atoms with E-state index in [-0.39, 0.29) is 0 Å². The lowest BCUT2D eigenvalue weighted by Crippen LogP contribution is -2.00. The fourth-order valence-corrected chi connectivity index (χ4v) is 2.98. The van der Waals surface area contributed by atoms with Gasteiger partial charge in [-0.2, -0.15) is 5.26 Å². The number of methoxy groups -OCH3 is 1. The predicted octanol–water partition coefficient (Wildman–Crippen LogP) is 6.45. The van der Waals surface area contributed by atoms with Gasteiger partial charge in [0.15, 0.2) is 11.5 Å². The van der Waals surface area contributed by atoms with Crippen LogP contribution < -0.4 is 9.47 Å². The van der Waals surface area contributed by atoms with Gasteiger partial charge in [0.05, 0.1) is 26.2 Å². The minimum Gasteiger partial charge on any atom is -0.493 e. The Bertz CT molecular complexity index is 493. The van der Waals surface area contributed by atoms with E-state index in [1.165, 1.54) is 64.2 Å². The van der Waals surface area contributed by atoms with E-state index >= 15 is 0 Å². The topological polar surface area (TPSA) is 42.2 Å². The van der Waals surface area contributed by atoms with Crippen molar-refractivity contribution in [2.45, 2.75) is 84.0 Å². The van der Waals surface area contributed by atoms with Crippen molar-refractivity contribution in [1.29, 1.82) is 5.26 Å². The normalized spacial score (nSPS) is 10.4. The molecule has 0 unspecified atom stereocenters. The second kappa shape index (κ2) is 14.6. The average Bonchev–Trinajstić information content (AvgIpc) is 2.63. The summed E-state index contributed by atoms with van der Waals surface area (Å²) in [5.41, 5.74) is 0.960. The van der Waals surface area contributed by atoms with Crippen LogP contribution in [0.3, 0.4) is 0 Å². The second-order valence-corrected chi connectivity index (χ2v) is 6.70. The quantitative estimate of drug-likeness (QED) is 0.343. The summed E-state index contributed by atoms with van der Waals surface area (Å²) in [5.74, 6) is 1.49. The number of ether oxygens (including phenoxy) is 2. The predicted molar refractivity (Wildman–Crippen MR) is 104 cm³/mol. The van der Waals surface area contributed by atoms with Crippen molar-refractivity contribution in [3.63, 3.8) is 0 Å². The molecule has 0 heterocycles. The van der Waals surface area contributed by atoms with E-state index in [2.05, 4.69) is 13.0 Å². The van der Waals surface area contributed by atoms with E-state index in [1.807, 2.05) is 18.2 Å². The van der Waals surface area contributed by atoms with Gasteiger partial charge in [-0.25, -0.2) is 0 Å². The van der Waals surface area contributed by atoms with Gasteiger partial charge in [-0.3, -0.25) is 0 Å². The first-order valence-electron chi connectivity index (χ1n) is 9.98. The Labute approximate surface area is 154 Å². The number of unbranched alkanes of at least 4 members (excludes halogenated alkanes) is 10. The van der Waals surface area contributed by atoms with Crippen LogP contribution in [0.5, 0.6) is 11.5 Å². The van der Waals surface area contributed by atoms with E-state index in [0.29, 0.717) is 6.42 Å². The van der Waals surface area contributed by atoms with Crippen LogP contribution in [0.25, 0.3) is 0 Å². The third kappa shape index (κ3) is 10.0. The maximum Gasteiger partial charge on any atom is 0.161 e. The molecule has 0 radical (unpaired) electrons.